The molecule has 1 N–H and O–H groups in total. The first-order valence-electron chi connectivity index (χ1n) is 6.27. The summed E-state index contributed by atoms with van der Waals surface area (Å²) in [5, 5.41) is 9.41. The molecule has 0 bridgehead atoms. The van der Waals surface area contributed by atoms with Gasteiger partial charge in [-0.05, 0) is 42.5 Å². The van der Waals surface area contributed by atoms with E-state index in [1.165, 1.54) is 31.4 Å². The maximum absolute atomic E-state index is 12.6. The summed E-state index contributed by atoms with van der Waals surface area (Å²) in [6.07, 6.45) is 0.257. The first-order valence-corrected chi connectivity index (χ1v) is 7.75. The van der Waals surface area contributed by atoms with E-state index in [1.807, 2.05) is 13.8 Å². The highest BCUT2D eigenvalue weighted by Gasteiger charge is 2.63. The molecule has 5 nitrogen and oxygen atoms in total. The van der Waals surface area contributed by atoms with Crippen molar-refractivity contribution in [2.75, 3.05) is 7.11 Å². The zero-order valence-corrected chi connectivity index (χ0v) is 12.5. The summed E-state index contributed by atoms with van der Waals surface area (Å²) in [6.45, 7) is 3.75. The number of methoxy groups -OCH3 is 1. The average Bonchev–Trinajstić information content (AvgIpc) is 2.35. The van der Waals surface area contributed by atoms with Gasteiger partial charge in [-0.3, -0.25) is 4.79 Å². The lowest BCUT2D eigenvalue weighted by atomic mass is 9.64. The monoisotopic (exact) mass is 298 g/mol. The average molecular weight is 298 g/mol. The topological polar surface area (TPSA) is 80.7 Å². The Bertz CT molecular complexity index is 620. The fourth-order valence-corrected chi connectivity index (χ4v) is 5.27. The number of rotatable bonds is 4. The number of ether oxygens (including phenoxy) is 1. The van der Waals surface area contributed by atoms with Crippen LogP contribution in [0.5, 0.6) is 5.75 Å². The highest BCUT2D eigenvalue weighted by molar-refractivity contribution is 7.93. The molecule has 1 fully saturated rings. The van der Waals surface area contributed by atoms with Crippen LogP contribution in [0.15, 0.2) is 29.2 Å². The minimum absolute atomic E-state index is 0.0243. The molecule has 0 aromatic heterocycles. The van der Waals surface area contributed by atoms with Gasteiger partial charge < -0.3 is 9.84 Å². The van der Waals surface area contributed by atoms with Crippen molar-refractivity contribution < 1.29 is 23.1 Å². The first kappa shape index (κ1) is 14.8. The number of hydrogen-bond acceptors (Lipinski definition) is 4. The van der Waals surface area contributed by atoms with Gasteiger partial charge in [0.05, 0.1) is 12.0 Å². The highest BCUT2D eigenvalue weighted by Crippen LogP contribution is 2.54. The van der Waals surface area contributed by atoms with Crippen LogP contribution >= 0.6 is 0 Å². The zero-order valence-electron chi connectivity index (χ0n) is 11.7. The maximum atomic E-state index is 12.6. The first-order chi connectivity index (χ1) is 9.14. The fraction of sp³-hybridized carbons (Fsp3) is 0.500. The molecule has 1 aromatic rings. The molecule has 0 aliphatic heterocycles. The van der Waals surface area contributed by atoms with E-state index < -0.39 is 20.6 Å². The van der Waals surface area contributed by atoms with Crippen molar-refractivity contribution >= 4 is 15.8 Å². The summed E-state index contributed by atoms with van der Waals surface area (Å²) in [7, 11) is -2.43. The minimum atomic E-state index is -3.91. The van der Waals surface area contributed by atoms with Crippen LogP contribution in [0.4, 0.5) is 0 Å². The van der Waals surface area contributed by atoms with Crippen molar-refractivity contribution in [1.29, 1.82) is 0 Å². The van der Waals surface area contributed by atoms with Crippen LogP contribution in [0.3, 0.4) is 0 Å². The molecule has 1 aromatic carbocycles. The van der Waals surface area contributed by atoms with Crippen molar-refractivity contribution in [3.63, 3.8) is 0 Å². The van der Waals surface area contributed by atoms with Crippen LogP contribution in [0.2, 0.25) is 0 Å². The van der Waals surface area contributed by atoms with Crippen LogP contribution in [0, 0.1) is 5.41 Å². The van der Waals surface area contributed by atoms with Gasteiger partial charge in [-0.15, -0.1) is 0 Å². The van der Waals surface area contributed by atoms with E-state index >= 15 is 0 Å². The molecule has 0 radical (unpaired) electrons. The van der Waals surface area contributed by atoms with E-state index in [0.29, 0.717) is 5.75 Å². The van der Waals surface area contributed by atoms with E-state index in [2.05, 4.69) is 0 Å². The largest absolute Gasteiger partial charge is 0.497 e. The highest BCUT2D eigenvalue weighted by atomic mass is 32.2. The van der Waals surface area contributed by atoms with Crippen molar-refractivity contribution in [3.05, 3.63) is 24.3 Å². The van der Waals surface area contributed by atoms with E-state index in [4.69, 9.17) is 4.74 Å². The number of carboxylic acid groups (broad SMARTS) is 1. The molecule has 0 unspecified atom stereocenters. The molecule has 6 heteroatoms. The Morgan fingerprint density at radius 3 is 2.05 bits per heavy atom. The third-order valence-electron chi connectivity index (χ3n) is 3.80. The predicted octanol–water partition coefficient (Wildman–Crippen LogP) is 2.11. The zero-order chi connectivity index (χ0) is 15.2. The Labute approximate surface area is 118 Å². The lowest BCUT2D eigenvalue weighted by Crippen LogP contribution is -2.59. The molecule has 0 atom stereocenters. The third-order valence-corrected chi connectivity index (χ3v) is 6.19. The number of benzene rings is 1. The number of sulfone groups is 1. The summed E-state index contributed by atoms with van der Waals surface area (Å²) in [5.74, 6) is -0.741. The quantitative estimate of drug-likeness (QED) is 0.920. The molecule has 110 valence electrons. The third kappa shape index (κ3) is 2.08. The Kier molecular flexibility index (Phi) is 3.32. The van der Waals surface area contributed by atoms with E-state index in [9.17, 15) is 18.3 Å². The second kappa shape index (κ2) is 4.48. The molecule has 1 aliphatic rings. The number of carboxylic acids is 1. The molecule has 0 heterocycles. The van der Waals surface area contributed by atoms with Gasteiger partial charge in [0.15, 0.2) is 14.6 Å². The van der Waals surface area contributed by atoms with Gasteiger partial charge in [0.2, 0.25) is 0 Å². The molecule has 20 heavy (non-hydrogen) atoms. The number of aliphatic carboxylic acids is 1. The SMILES string of the molecule is COc1ccc(S(=O)(=O)C2(C(=O)O)CC(C)(C)C2)cc1. The summed E-state index contributed by atoms with van der Waals surface area (Å²) in [6, 6.07) is 5.83. The number of carbonyl (C=O) groups is 1. The van der Waals surface area contributed by atoms with Crippen molar-refractivity contribution in [2.24, 2.45) is 5.41 Å². The standard InChI is InChI=1S/C14H18O5S/c1-13(2)8-14(9-13,12(15)16)20(17,18)11-6-4-10(19-3)5-7-11/h4-7H,8-9H2,1-3H3,(H,15,16). The van der Waals surface area contributed by atoms with Crippen LogP contribution in [0.25, 0.3) is 0 Å². The minimum Gasteiger partial charge on any atom is -0.497 e. The Hall–Kier alpha value is -1.56. The summed E-state index contributed by atoms with van der Waals surface area (Å²) in [5.41, 5.74) is -0.266. The van der Waals surface area contributed by atoms with E-state index in [0.717, 1.165) is 0 Å². The molecule has 0 spiro atoms. The molecular weight excluding hydrogens is 280 g/mol. The van der Waals surface area contributed by atoms with Gasteiger partial charge in [0.1, 0.15) is 5.75 Å². The number of hydrogen-bond donors (Lipinski definition) is 1. The second-order valence-electron chi connectivity index (χ2n) is 6.00. The van der Waals surface area contributed by atoms with Gasteiger partial charge in [0.25, 0.3) is 0 Å². The maximum Gasteiger partial charge on any atom is 0.325 e. The molecular formula is C14H18O5S. The van der Waals surface area contributed by atoms with Crippen LogP contribution < -0.4 is 4.74 Å². The van der Waals surface area contributed by atoms with Crippen molar-refractivity contribution in [1.82, 2.24) is 0 Å². The van der Waals surface area contributed by atoms with Gasteiger partial charge in [-0.1, -0.05) is 13.8 Å². The lowest BCUT2D eigenvalue weighted by molar-refractivity contribution is -0.146. The van der Waals surface area contributed by atoms with Crippen LogP contribution in [-0.2, 0) is 14.6 Å². The molecule has 1 aliphatic carbocycles. The summed E-state index contributed by atoms with van der Waals surface area (Å²) >= 11 is 0. The molecule has 2 rings (SSSR count). The Morgan fingerprint density at radius 2 is 1.70 bits per heavy atom. The lowest BCUT2D eigenvalue weighted by Gasteiger charge is -2.49. The predicted molar refractivity (Wildman–Crippen MR) is 73.6 cm³/mol. The van der Waals surface area contributed by atoms with Gasteiger partial charge >= 0.3 is 5.97 Å². The van der Waals surface area contributed by atoms with Crippen LogP contribution in [0.1, 0.15) is 26.7 Å². The molecule has 0 amide bonds. The van der Waals surface area contributed by atoms with Crippen molar-refractivity contribution in [2.45, 2.75) is 36.3 Å². The van der Waals surface area contributed by atoms with Gasteiger partial charge in [-0.25, -0.2) is 8.42 Å². The van der Waals surface area contributed by atoms with Crippen LogP contribution in [-0.4, -0.2) is 31.4 Å². The van der Waals surface area contributed by atoms with Gasteiger partial charge in [0, 0.05) is 0 Å². The van der Waals surface area contributed by atoms with E-state index in [-0.39, 0.29) is 23.2 Å². The Balaban J connectivity index is 2.45. The Morgan fingerprint density at radius 1 is 1.20 bits per heavy atom. The van der Waals surface area contributed by atoms with E-state index in [1.54, 1.807) is 0 Å². The summed E-state index contributed by atoms with van der Waals surface area (Å²) < 4.78 is 28.6. The molecule has 0 saturated heterocycles. The normalized spacial score (nSPS) is 19.9. The second-order valence-corrected chi connectivity index (χ2v) is 8.26. The fourth-order valence-electron chi connectivity index (χ4n) is 2.93. The van der Waals surface area contributed by atoms with Crippen molar-refractivity contribution in [3.8, 4) is 5.75 Å². The summed E-state index contributed by atoms with van der Waals surface area (Å²) in [4.78, 5) is 11.6. The molecule has 1 saturated carbocycles. The van der Waals surface area contributed by atoms with Gasteiger partial charge in [-0.2, -0.15) is 0 Å². The smallest absolute Gasteiger partial charge is 0.325 e.